The van der Waals surface area contributed by atoms with Crippen LogP contribution in [-0.4, -0.2) is 42.4 Å². The summed E-state index contributed by atoms with van der Waals surface area (Å²) in [4.78, 5) is 2.13. The summed E-state index contributed by atoms with van der Waals surface area (Å²) in [5, 5.41) is 9.17. The molecule has 0 aliphatic carbocycles. The van der Waals surface area contributed by atoms with E-state index in [2.05, 4.69) is 30.5 Å². The third-order valence-electron chi connectivity index (χ3n) is 3.58. The molecular formula is C17H25NO3. The zero-order valence-corrected chi connectivity index (χ0v) is 13.0. The van der Waals surface area contributed by atoms with Gasteiger partial charge in [0.25, 0.3) is 0 Å². The average molecular weight is 291 g/mol. The second-order valence-electron chi connectivity index (χ2n) is 5.38. The molecule has 4 nitrogen and oxygen atoms in total. The van der Waals surface area contributed by atoms with E-state index in [1.54, 1.807) is 0 Å². The van der Waals surface area contributed by atoms with Gasteiger partial charge in [-0.1, -0.05) is 6.08 Å². The fraction of sp³-hybridized carbons (Fsp3) is 0.529. The third kappa shape index (κ3) is 3.99. The third-order valence-corrected chi connectivity index (χ3v) is 3.58. The highest BCUT2D eigenvalue weighted by molar-refractivity contribution is 5.48. The Balaban J connectivity index is 2.23. The number of ether oxygens (including phenoxy) is 2. The first-order valence-electron chi connectivity index (χ1n) is 7.57. The van der Waals surface area contributed by atoms with Crippen molar-refractivity contribution in [3.63, 3.8) is 0 Å². The number of hydrogen-bond donors (Lipinski definition) is 1. The highest BCUT2D eigenvalue weighted by Crippen LogP contribution is 2.35. The van der Waals surface area contributed by atoms with Gasteiger partial charge in [-0.3, -0.25) is 4.90 Å². The van der Waals surface area contributed by atoms with Crippen LogP contribution in [0.1, 0.15) is 25.0 Å². The maximum Gasteiger partial charge on any atom is 0.124 e. The molecule has 0 radical (unpaired) electrons. The zero-order valence-electron chi connectivity index (χ0n) is 13.0. The van der Waals surface area contributed by atoms with Crippen LogP contribution in [0.15, 0.2) is 24.8 Å². The Morgan fingerprint density at radius 2 is 2.33 bits per heavy atom. The van der Waals surface area contributed by atoms with E-state index >= 15 is 0 Å². The van der Waals surface area contributed by atoms with E-state index in [-0.39, 0.29) is 12.7 Å². The van der Waals surface area contributed by atoms with Crippen molar-refractivity contribution in [1.82, 2.24) is 4.90 Å². The first-order chi connectivity index (χ1) is 10.2. The van der Waals surface area contributed by atoms with Crippen LogP contribution in [0.3, 0.4) is 0 Å². The maximum atomic E-state index is 9.17. The molecule has 0 saturated carbocycles. The van der Waals surface area contributed by atoms with E-state index in [1.165, 1.54) is 5.56 Å². The van der Waals surface area contributed by atoms with Gasteiger partial charge in [0.05, 0.1) is 13.2 Å². The summed E-state index contributed by atoms with van der Waals surface area (Å²) in [6.45, 7) is 10.7. The minimum absolute atomic E-state index is 0.135. The highest BCUT2D eigenvalue weighted by atomic mass is 16.5. The lowest BCUT2D eigenvalue weighted by molar-refractivity contribution is 0.201. The van der Waals surface area contributed by atoms with Crippen LogP contribution < -0.4 is 9.47 Å². The molecule has 0 aromatic heterocycles. The van der Waals surface area contributed by atoms with Gasteiger partial charge in [-0.2, -0.15) is 0 Å². The quantitative estimate of drug-likeness (QED) is 0.747. The minimum Gasteiger partial charge on any atom is -0.494 e. The number of aliphatic hydroxyl groups is 1. The number of hydrogen-bond acceptors (Lipinski definition) is 4. The molecule has 2 rings (SSSR count). The monoisotopic (exact) mass is 291 g/mol. The molecule has 0 bridgehead atoms. The molecule has 4 heteroatoms. The summed E-state index contributed by atoms with van der Waals surface area (Å²) in [5.74, 6) is 1.88. The van der Waals surface area contributed by atoms with Crippen molar-refractivity contribution in [2.75, 3.05) is 26.3 Å². The van der Waals surface area contributed by atoms with Crippen molar-refractivity contribution < 1.29 is 14.6 Å². The topological polar surface area (TPSA) is 41.9 Å². The molecule has 1 unspecified atom stereocenters. The van der Waals surface area contributed by atoms with Crippen molar-refractivity contribution in [2.45, 2.75) is 32.9 Å². The molecule has 1 aromatic carbocycles. The Bertz CT molecular complexity index is 487. The fourth-order valence-corrected chi connectivity index (χ4v) is 2.69. The predicted octanol–water partition coefficient (Wildman–Crippen LogP) is 2.39. The molecule has 0 amide bonds. The molecule has 1 N–H and O–H groups in total. The van der Waals surface area contributed by atoms with Gasteiger partial charge in [0.15, 0.2) is 0 Å². The molecule has 0 saturated heterocycles. The molecule has 1 aliphatic rings. The molecule has 1 atom stereocenters. The van der Waals surface area contributed by atoms with Gasteiger partial charge in [-0.25, -0.2) is 0 Å². The molecule has 0 spiro atoms. The Hall–Kier alpha value is -1.52. The SMILES string of the molecule is C=CCN(CCO)Cc1cc2c(cc1OCC)CC(C)O2. The van der Waals surface area contributed by atoms with E-state index in [9.17, 15) is 5.11 Å². The lowest BCUT2D eigenvalue weighted by Crippen LogP contribution is -2.26. The van der Waals surface area contributed by atoms with Gasteiger partial charge in [0.1, 0.15) is 17.6 Å². The van der Waals surface area contributed by atoms with Gasteiger partial charge < -0.3 is 14.6 Å². The summed E-state index contributed by atoms with van der Waals surface area (Å²) in [7, 11) is 0. The molecule has 21 heavy (non-hydrogen) atoms. The fourth-order valence-electron chi connectivity index (χ4n) is 2.69. The van der Waals surface area contributed by atoms with E-state index in [4.69, 9.17) is 9.47 Å². The van der Waals surface area contributed by atoms with E-state index < -0.39 is 0 Å². The van der Waals surface area contributed by atoms with Crippen LogP contribution in [-0.2, 0) is 13.0 Å². The van der Waals surface area contributed by atoms with Crippen LogP contribution in [0.2, 0.25) is 0 Å². The van der Waals surface area contributed by atoms with E-state index in [0.29, 0.717) is 19.7 Å². The minimum atomic E-state index is 0.135. The lowest BCUT2D eigenvalue weighted by atomic mass is 10.1. The number of fused-ring (bicyclic) bond motifs is 1. The van der Waals surface area contributed by atoms with Crippen LogP contribution >= 0.6 is 0 Å². The molecule has 1 heterocycles. The number of benzene rings is 1. The van der Waals surface area contributed by atoms with Crippen LogP contribution in [0.4, 0.5) is 0 Å². The summed E-state index contributed by atoms with van der Waals surface area (Å²) in [6, 6.07) is 4.18. The van der Waals surface area contributed by atoms with E-state index in [1.807, 2.05) is 13.0 Å². The highest BCUT2D eigenvalue weighted by Gasteiger charge is 2.22. The van der Waals surface area contributed by atoms with E-state index in [0.717, 1.165) is 30.0 Å². The standard InChI is InChI=1S/C17H25NO3/c1-4-6-18(7-8-19)12-15-11-17-14(9-13(3)21-17)10-16(15)20-5-2/h4,10-11,13,19H,1,5-9,12H2,2-3H3. The maximum absolute atomic E-state index is 9.17. The van der Waals surface area contributed by atoms with Crippen molar-refractivity contribution in [3.8, 4) is 11.5 Å². The van der Waals surface area contributed by atoms with Gasteiger partial charge >= 0.3 is 0 Å². The molecule has 1 aromatic rings. The van der Waals surface area contributed by atoms with Crippen molar-refractivity contribution in [3.05, 3.63) is 35.9 Å². The predicted molar refractivity (Wildman–Crippen MR) is 84.0 cm³/mol. The lowest BCUT2D eigenvalue weighted by Gasteiger charge is -2.21. The second kappa shape index (κ2) is 7.48. The number of rotatable bonds is 8. The Morgan fingerprint density at radius 1 is 1.52 bits per heavy atom. The summed E-state index contributed by atoms with van der Waals surface area (Å²) >= 11 is 0. The Morgan fingerprint density at radius 3 is 3.00 bits per heavy atom. The second-order valence-corrected chi connectivity index (χ2v) is 5.38. The van der Waals surface area contributed by atoms with Gasteiger partial charge in [-0.15, -0.1) is 6.58 Å². The number of aliphatic hydroxyl groups excluding tert-OH is 1. The summed E-state index contributed by atoms with van der Waals surface area (Å²) in [6.07, 6.45) is 3.01. The van der Waals surface area contributed by atoms with Gasteiger partial charge in [-0.05, 0) is 26.0 Å². The first kappa shape index (κ1) is 15.9. The van der Waals surface area contributed by atoms with Crippen molar-refractivity contribution in [2.24, 2.45) is 0 Å². The van der Waals surface area contributed by atoms with Gasteiger partial charge in [0.2, 0.25) is 0 Å². The number of nitrogens with zero attached hydrogens (tertiary/aromatic N) is 1. The molecule has 1 aliphatic heterocycles. The molecule has 0 fully saturated rings. The Kier molecular flexibility index (Phi) is 5.65. The Labute approximate surface area is 127 Å². The largest absolute Gasteiger partial charge is 0.494 e. The molecular weight excluding hydrogens is 266 g/mol. The molecule has 116 valence electrons. The average Bonchev–Trinajstić information content (AvgIpc) is 2.79. The van der Waals surface area contributed by atoms with Crippen molar-refractivity contribution in [1.29, 1.82) is 0 Å². The first-order valence-corrected chi connectivity index (χ1v) is 7.57. The van der Waals surface area contributed by atoms with Crippen LogP contribution in [0, 0.1) is 0 Å². The summed E-state index contributed by atoms with van der Waals surface area (Å²) < 4.78 is 11.6. The van der Waals surface area contributed by atoms with Crippen LogP contribution in [0.5, 0.6) is 11.5 Å². The van der Waals surface area contributed by atoms with Gasteiger partial charge in [0, 0.05) is 37.2 Å². The van der Waals surface area contributed by atoms with Crippen LogP contribution in [0.25, 0.3) is 0 Å². The smallest absolute Gasteiger partial charge is 0.124 e. The zero-order chi connectivity index (χ0) is 15.2. The normalized spacial score (nSPS) is 16.7. The van der Waals surface area contributed by atoms with Crippen molar-refractivity contribution >= 4 is 0 Å². The summed E-state index contributed by atoms with van der Waals surface area (Å²) in [5.41, 5.74) is 2.31.